The number of nitrogens with one attached hydrogen (secondary N) is 1. The van der Waals surface area contributed by atoms with Crippen molar-refractivity contribution in [1.29, 1.82) is 0 Å². The van der Waals surface area contributed by atoms with Gasteiger partial charge in [-0.3, -0.25) is 4.79 Å². The van der Waals surface area contributed by atoms with E-state index in [1.165, 1.54) is 4.90 Å². The number of hydrogen-bond donors (Lipinski definition) is 1. The SMILES string of the molecule is CCNCCC(=O)N1CC=C(C(F)(F)F)CC1. The first-order chi connectivity index (χ1) is 7.95. The van der Waals surface area contributed by atoms with E-state index in [4.69, 9.17) is 0 Å². The maximum atomic E-state index is 12.3. The quantitative estimate of drug-likeness (QED) is 0.608. The molecule has 0 bridgehead atoms. The van der Waals surface area contributed by atoms with Crippen LogP contribution in [-0.2, 0) is 4.79 Å². The molecule has 1 rings (SSSR count). The normalized spacial score (nSPS) is 16.9. The van der Waals surface area contributed by atoms with Crippen LogP contribution in [0.5, 0.6) is 0 Å². The van der Waals surface area contributed by atoms with Gasteiger partial charge in [0.25, 0.3) is 0 Å². The first-order valence-electron chi connectivity index (χ1n) is 5.70. The lowest BCUT2D eigenvalue weighted by Crippen LogP contribution is -2.38. The van der Waals surface area contributed by atoms with E-state index in [1.54, 1.807) is 0 Å². The van der Waals surface area contributed by atoms with E-state index in [9.17, 15) is 18.0 Å². The number of carbonyl (C=O) groups is 1. The Morgan fingerprint density at radius 2 is 2.24 bits per heavy atom. The zero-order chi connectivity index (χ0) is 12.9. The summed E-state index contributed by atoms with van der Waals surface area (Å²) in [6, 6.07) is 0. The first-order valence-corrected chi connectivity index (χ1v) is 5.70. The van der Waals surface area contributed by atoms with Crippen LogP contribution < -0.4 is 5.32 Å². The van der Waals surface area contributed by atoms with Crippen molar-refractivity contribution in [3.8, 4) is 0 Å². The van der Waals surface area contributed by atoms with Gasteiger partial charge in [0.2, 0.25) is 5.91 Å². The molecular weight excluding hydrogens is 233 g/mol. The third kappa shape index (κ3) is 4.38. The Morgan fingerprint density at radius 3 is 2.71 bits per heavy atom. The molecule has 0 aromatic rings. The number of alkyl halides is 3. The molecule has 0 saturated heterocycles. The molecule has 1 aliphatic heterocycles. The van der Waals surface area contributed by atoms with Crippen LogP contribution in [0.3, 0.4) is 0 Å². The number of hydrogen-bond acceptors (Lipinski definition) is 2. The molecule has 0 spiro atoms. The molecule has 0 radical (unpaired) electrons. The summed E-state index contributed by atoms with van der Waals surface area (Å²) < 4.78 is 37.0. The highest BCUT2D eigenvalue weighted by atomic mass is 19.4. The third-order valence-corrected chi connectivity index (χ3v) is 2.69. The molecule has 98 valence electrons. The molecule has 0 aliphatic carbocycles. The molecule has 1 heterocycles. The van der Waals surface area contributed by atoms with Crippen LogP contribution in [0.25, 0.3) is 0 Å². The predicted molar refractivity (Wildman–Crippen MR) is 58.5 cm³/mol. The Hall–Kier alpha value is -1.04. The highest BCUT2D eigenvalue weighted by molar-refractivity contribution is 5.76. The Morgan fingerprint density at radius 1 is 1.53 bits per heavy atom. The van der Waals surface area contributed by atoms with Gasteiger partial charge >= 0.3 is 6.18 Å². The molecule has 0 atom stereocenters. The lowest BCUT2D eigenvalue weighted by molar-refractivity contribution is -0.132. The molecule has 0 aromatic carbocycles. The molecule has 0 fully saturated rings. The maximum absolute atomic E-state index is 12.3. The summed E-state index contributed by atoms with van der Waals surface area (Å²) in [5.41, 5.74) is -0.520. The second kappa shape index (κ2) is 6.05. The van der Waals surface area contributed by atoms with Gasteiger partial charge in [-0.05, 0) is 13.0 Å². The molecule has 0 unspecified atom stereocenters. The van der Waals surface area contributed by atoms with Crippen LogP contribution in [0.2, 0.25) is 0 Å². The average molecular weight is 250 g/mol. The molecule has 1 aliphatic rings. The molecule has 1 N–H and O–H groups in total. The van der Waals surface area contributed by atoms with Crippen LogP contribution in [0.4, 0.5) is 13.2 Å². The summed E-state index contributed by atoms with van der Waals surface area (Å²) in [6.45, 7) is 3.52. The van der Waals surface area contributed by atoms with Gasteiger partial charge in [0, 0.05) is 31.6 Å². The van der Waals surface area contributed by atoms with Crippen molar-refractivity contribution in [3.05, 3.63) is 11.6 Å². The van der Waals surface area contributed by atoms with E-state index in [1.807, 2.05) is 6.92 Å². The van der Waals surface area contributed by atoms with Crippen LogP contribution in [0, 0.1) is 0 Å². The molecule has 3 nitrogen and oxygen atoms in total. The van der Waals surface area contributed by atoms with Gasteiger partial charge in [-0.1, -0.05) is 13.0 Å². The van der Waals surface area contributed by atoms with Crippen LogP contribution in [0.15, 0.2) is 11.6 Å². The highest BCUT2D eigenvalue weighted by Crippen LogP contribution is 2.30. The largest absolute Gasteiger partial charge is 0.412 e. The predicted octanol–water partition coefficient (Wildman–Crippen LogP) is 1.71. The number of nitrogens with zero attached hydrogens (tertiary/aromatic N) is 1. The standard InChI is InChI=1S/C11H17F3N2O/c1-2-15-6-3-10(17)16-7-4-9(5-8-16)11(12,13)14/h4,15H,2-3,5-8H2,1H3. The van der Waals surface area contributed by atoms with Crippen molar-refractivity contribution < 1.29 is 18.0 Å². The van der Waals surface area contributed by atoms with E-state index in [0.29, 0.717) is 13.0 Å². The van der Waals surface area contributed by atoms with Gasteiger partial charge in [0.15, 0.2) is 0 Å². The molecular formula is C11H17F3N2O. The summed E-state index contributed by atoms with van der Waals surface area (Å²) in [7, 11) is 0. The fourth-order valence-corrected chi connectivity index (χ4v) is 1.68. The minimum atomic E-state index is -4.25. The summed E-state index contributed by atoms with van der Waals surface area (Å²) in [5.74, 6) is -0.0941. The van der Waals surface area contributed by atoms with Crippen molar-refractivity contribution in [2.75, 3.05) is 26.2 Å². The summed E-state index contributed by atoms with van der Waals surface area (Å²) in [5, 5.41) is 3.01. The van der Waals surface area contributed by atoms with Gasteiger partial charge in [-0.25, -0.2) is 0 Å². The second-order valence-corrected chi connectivity index (χ2v) is 3.92. The van der Waals surface area contributed by atoms with Crippen molar-refractivity contribution in [1.82, 2.24) is 10.2 Å². The zero-order valence-corrected chi connectivity index (χ0v) is 9.81. The van der Waals surface area contributed by atoms with Crippen molar-refractivity contribution in [3.63, 3.8) is 0 Å². The number of amides is 1. The Labute approximate surface area is 98.7 Å². The lowest BCUT2D eigenvalue weighted by atomic mass is 10.1. The van der Waals surface area contributed by atoms with Crippen molar-refractivity contribution >= 4 is 5.91 Å². The first kappa shape index (κ1) is 14.0. The zero-order valence-electron chi connectivity index (χ0n) is 9.81. The lowest BCUT2D eigenvalue weighted by Gasteiger charge is -2.27. The number of carbonyl (C=O) groups excluding carboxylic acids is 1. The van der Waals surface area contributed by atoms with E-state index in [2.05, 4.69) is 5.32 Å². The minimum absolute atomic E-state index is 0.0692. The van der Waals surface area contributed by atoms with Gasteiger partial charge in [-0.15, -0.1) is 0 Å². The van der Waals surface area contributed by atoms with Gasteiger partial charge in [-0.2, -0.15) is 13.2 Å². The summed E-state index contributed by atoms with van der Waals surface area (Å²) in [4.78, 5) is 13.1. The molecule has 17 heavy (non-hydrogen) atoms. The van der Waals surface area contributed by atoms with E-state index < -0.39 is 11.7 Å². The molecule has 6 heteroatoms. The van der Waals surface area contributed by atoms with Gasteiger partial charge < -0.3 is 10.2 Å². The summed E-state index contributed by atoms with van der Waals surface area (Å²) in [6.07, 6.45) is -2.91. The van der Waals surface area contributed by atoms with Crippen molar-refractivity contribution in [2.24, 2.45) is 0 Å². The van der Waals surface area contributed by atoms with E-state index in [0.717, 1.165) is 12.6 Å². The van der Waals surface area contributed by atoms with E-state index in [-0.39, 0.29) is 25.4 Å². The fraction of sp³-hybridized carbons (Fsp3) is 0.727. The fourth-order valence-electron chi connectivity index (χ4n) is 1.68. The molecule has 1 amide bonds. The van der Waals surface area contributed by atoms with Gasteiger partial charge in [0.1, 0.15) is 0 Å². The smallest absolute Gasteiger partial charge is 0.339 e. The topological polar surface area (TPSA) is 32.3 Å². The molecule has 0 saturated carbocycles. The third-order valence-electron chi connectivity index (χ3n) is 2.69. The average Bonchev–Trinajstić information content (AvgIpc) is 2.28. The van der Waals surface area contributed by atoms with Crippen LogP contribution >= 0.6 is 0 Å². The maximum Gasteiger partial charge on any atom is 0.412 e. The Kier molecular flexibility index (Phi) is 4.99. The van der Waals surface area contributed by atoms with Crippen molar-refractivity contribution in [2.45, 2.75) is 25.9 Å². The summed E-state index contributed by atoms with van der Waals surface area (Å²) >= 11 is 0. The van der Waals surface area contributed by atoms with Crippen LogP contribution in [0.1, 0.15) is 19.8 Å². The Bertz CT molecular complexity index is 300. The van der Waals surface area contributed by atoms with Gasteiger partial charge in [0.05, 0.1) is 0 Å². The van der Waals surface area contributed by atoms with E-state index >= 15 is 0 Å². The Balaban J connectivity index is 2.41. The molecule has 0 aromatic heterocycles. The monoisotopic (exact) mass is 250 g/mol. The highest BCUT2D eigenvalue weighted by Gasteiger charge is 2.35. The minimum Gasteiger partial charge on any atom is -0.339 e. The number of halogens is 3. The van der Waals surface area contributed by atoms with Crippen LogP contribution in [-0.4, -0.2) is 43.2 Å². The second-order valence-electron chi connectivity index (χ2n) is 3.92. The number of rotatable bonds is 4.